The van der Waals surface area contributed by atoms with Crippen LogP contribution in [0.25, 0.3) is 0 Å². The van der Waals surface area contributed by atoms with Crippen LogP contribution in [0, 0.1) is 6.92 Å². The molecule has 0 aliphatic heterocycles. The molecule has 2 heterocycles. The Hall–Kier alpha value is -1.22. The van der Waals surface area contributed by atoms with Gasteiger partial charge in [-0.2, -0.15) is 0 Å². The third-order valence-corrected chi connectivity index (χ3v) is 2.23. The third-order valence-electron chi connectivity index (χ3n) is 1.96. The van der Waals surface area contributed by atoms with Gasteiger partial charge in [-0.25, -0.2) is 4.98 Å². The van der Waals surface area contributed by atoms with Crippen LogP contribution in [0.3, 0.4) is 0 Å². The molecule has 0 N–H and O–H groups in total. The number of halogens is 1. The lowest BCUT2D eigenvalue weighted by atomic mass is 10.4. The Morgan fingerprint density at radius 3 is 2.93 bits per heavy atom. The summed E-state index contributed by atoms with van der Waals surface area (Å²) in [4.78, 5) is 4.13. The number of alkyl halides is 1. The fourth-order valence-electron chi connectivity index (χ4n) is 1.31. The number of imidazole rings is 1. The molecule has 0 atom stereocenters. The number of hydrogen-bond donors (Lipinski definition) is 0. The molecular formula is C10H11ClN2O. The highest BCUT2D eigenvalue weighted by Gasteiger charge is 2.01. The van der Waals surface area contributed by atoms with Crippen molar-refractivity contribution in [2.24, 2.45) is 0 Å². The zero-order valence-electron chi connectivity index (χ0n) is 7.90. The van der Waals surface area contributed by atoms with E-state index in [2.05, 4.69) is 4.98 Å². The molecule has 14 heavy (non-hydrogen) atoms. The summed E-state index contributed by atoms with van der Waals surface area (Å²) in [5.74, 6) is 2.31. The maximum absolute atomic E-state index is 5.65. The number of rotatable bonds is 3. The molecule has 2 aromatic heterocycles. The average molecular weight is 211 g/mol. The van der Waals surface area contributed by atoms with Crippen molar-refractivity contribution in [3.05, 3.63) is 41.9 Å². The predicted octanol–water partition coefficient (Wildman–Crippen LogP) is 2.57. The van der Waals surface area contributed by atoms with Gasteiger partial charge in [0.15, 0.2) is 0 Å². The Morgan fingerprint density at radius 1 is 1.50 bits per heavy atom. The molecule has 0 saturated carbocycles. The van der Waals surface area contributed by atoms with Crippen molar-refractivity contribution in [2.45, 2.75) is 19.3 Å². The second-order valence-electron chi connectivity index (χ2n) is 3.18. The van der Waals surface area contributed by atoms with E-state index in [-0.39, 0.29) is 0 Å². The van der Waals surface area contributed by atoms with Crippen molar-refractivity contribution in [3.63, 3.8) is 0 Å². The van der Waals surface area contributed by atoms with Gasteiger partial charge in [-0.05, 0) is 19.1 Å². The van der Waals surface area contributed by atoms with E-state index in [0.717, 1.165) is 17.2 Å². The van der Waals surface area contributed by atoms with E-state index in [0.29, 0.717) is 12.4 Å². The summed E-state index contributed by atoms with van der Waals surface area (Å²) in [5, 5.41) is 0. The van der Waals surface area contributed by atoms with E-state index in [9.17, 15) is 0 Å². The fourth-order valence-corrected chi connectivity index (χ4v) is 1.45. The molecule has 0 saturated heterocycles. The molecule has 0 aliphatic carbocycles. The maximum Gasteiger partial charge on any atom is 0.123 e. The first-order valence-corrected chi connectivity index (χ1v) is 4.93. The molecule has 0 unspecified atom stereocenters. The van der Waals surface area contributed by atoms with Gasteiger partial charge in [0.25, 0.3) is 0 Å². The largest absolute Gasteiger partial charge is 0.464 e. The highest BCUT2D eigenvalue weighted by molar-refractivity contribution is 6.16. The zero-order chi connectivity index (χ0) is 9.97. The predicted molar refractivity (Wildman–Crippen MR) is 54.3 cm³/mol. The number of hydrogen-bond acceptors (Lipinski definition) is 2. The Bertz CT molecular complexity index is 419. The van der Waals surface area contributed by atoms with Crippen LogP contribution < -0.4 is 0 Å². The van der Waals surface area contributed by atoms with Crippen molar-refractivity contribution >= 4 is 11.6 Å². The van der Waals surface area contributed by atoms with E-state index < -0.39 is 0 Å². The molecule has 0 radical (unpaired) electrons. The van der Waals surface area contributed by atoms with Crippen LogP contribution in [0.4, 0.5) is 0 Å². The van der Waals surface area contributed by atoms with E-state index in [1.54, 1.807) is 6.33 Å². The standard InChI is InChI=1S/C10H11ClN2O/c1-8-2-3-10(14-8)6-13-5-9(4-11)12-7-13/h2-3,5,7H,4,6H2,1H3. The topological polar surface area (TPSA) is 31.0 Å². The molecule has 2 aromatic rings. The van der Waals surface area contributed by atoms with Gasteiger partial charge in [0, 0.05) is 6.20 Å². The molecule has 4 heteroatoms. The van der Waals surface area contributed by atoms with Crippen LogP contribution in [0.15, 0.2) is 29.1 Å². The lowest BCUT2D eigenvalue weighted by Gasteiger charge is -1.96. The lowest BCUT2D eigenvalue weighted by molar-refractivity contribution is 0.470. The minimum atomic E-state index is 0.449. The SMILES string of the molecule is Cc1ccc(Cn2cnc(CCl)c2)o1. The fraction of sp³-hybridized carbons (Fsp3) is 0.300. The molecule has 0 aliphatic rings. The summed E-state index contributed by atoms with van der Waals surface area (Å²) in [6.45, 7) is 2.64. The summed E-state index contributed by atoms with van der Waals surface area (Å²) in [6.07, 6.45) is 3.68. The quantitative estimate of drug-likeness (QED) is 0.730. The summed E-state index contributed by atoms with van der Waals surface area (Å²) in [5.41, 5.74) is 0.884. The molecule has 0 amide bonds. The van der Waals surface area contributed by atoms with Gasteiger partial charge < -0.3 is 8.98 Å². The normalized spacial score (nSPS) is 10.7. The highest BCUT2D eigenvalue weighted by atomic mass is 35.5. The van der Waals surface area contributed by atoms with Crippen LogP contribution in [0.1, 0.15) is 17.2 Å². The third kappa shape index (κ3) is 1.99. The van der Waals surface area contributed by atoms with E-state index in [1.807, 2.05) is 29.8 Å². The first-order chi connectivity index (χ1) is 6.78. The molecule has 0 bridgehead atoms. The van der Waals surface area contributed by atoms with Gasteiger partial charge in [-0.1, -0.05) is 0 Å². The monoisotopic (exact) mass is 210 g/mol. The zero-order valence-corrected chi connectivity index (χ0v) is 8.66. The number of nitrogens with zero attached hydrogens (tertiary/aromatic N) is 2. The van der Waals surface area contributed by atoms with Gasteiger partial charge in [0.1, 0.15) is 11.5 Å². The Labute approximate surface area is 87.3 Å². The van der Waals surface area contributed by atoms with Gasteiger partial charge in [0.2, 0.25) is 0 Å². The second kappa shape index (κ2) is 3.88. The minimum Gasteiger partial charge on any atom is -0.464 e. The average Bonchev–Trinajstić information content (AvgIpc) is 2.76. The van der Waals surface area contributed by atoms with Crippen LogP contribution in [-0.4, -0.2) is 9.55 Å². The molecule has 74 valence electrons. The lowest BCUT2D eigenvalue weighted by Crippen LogP contribution is -1.94. The Balaban J connectivity index is 2.10. The molecule has 0 aromatic carbocycles. The first-order valence-electron chi connectivity index (χ1n) is 4.40. The molecule has 3 nitrogen and oxygen atoms in total. The minimum absolute atomic E-state index is 0.449. The van der Waals surface area contributed by atoms with Crippen molar-refractivity contribution in [1.29, 1.82) is 0 Å². The highest BCUT2D eigenvalue weighted by Crippen LogP contribution is 2.09. The van der Waals surface area contributed by atoms with Gasteiger partial charge in [-0.3, -0.25) is 0 Å². The molecule has 0 spiro atoms. The number of aryl methyl sites for hydroxylation is 1. The van der Waals surface area contributed by atoms with Crippen LogP contribution in [0.2, 0.25) is 0 Å². The number of aromatic nitrogens is 2. The molecule has 2 rings (SSSR count). The molecule has 0 fully saturated rings. The van der Waals surface area contributed by atoms with Crippen LogP contribution in [-0.2, 0) is 12.4 Å². The summed E-state index contributed by atoms with van der Waals surface area (Å²) in [6, 6.07) is 3.92. The smallest absolute Gasteiger partial charge is 0.123 e. The second-order valence-corrected chi connectivity index (χ2v) is 3.45. The summed E-state index contributed by atoms with van der Waals surface area (Å²) in [7, 11) is 0. The van der Waals surface area contributed by atoms with E-state index in [1.165, 1.54) is 0 Å². The van der Waals surface area contributed by atoms with Crippen LogP contribution in [0.5, 0.6) is 0 Å². The van der Waals surface area contributed by atoms with E-state index in [4.69, 9.17) is 16.0 Å². The number of furan rings is 1. The maximum atomic E-state index is 5.65. The van der Waals surface area contributed by atoms with Gasteiger partial charge in [-0.15, -0.1) is 11.6 Å². The van der Waals surface area contributed by atoms with Crippen molar-refractivity contribution in [2.75, 3.05) is 0 Å². The van der Waals surface area contributed by atoms with Gasteiger partial charge >= 0.3 is 0 Å². The van der Waals surface area contributed by atoms with Gasteiger partial charge in [0.05, 0.1) is 24.4 Å². The summed E-state index contributed by atoms with van der Waals surface area (Å²) >= 11 is 5.65. The first kappa shape index (κ1) is 9.34. The molecular weight excluding hydrogens is 200 g/mol. The van der Waals surface area contributed by atoms with Crippen molar-refractivity contribution in [3.8, 4) is 0 Å². The van der Waals surface area contributed by atoms with Crippen LogP contribution >= 0.6 is 11.6 Å². The van der Waals surface area contributed by atoms with E-state index >= 15 is 0 Å². The van der Waals surface area contributed by atoms with Crippen molar-refractivity contribution in [1.82, 2.24) is 9.55 Å². The Kier molecular flexibility index (Phi) is 2.59. The Morgan fingerprint density at radius 2 is 2.36 bits per heavy atom. The summed E-state index contributed by atoms with van der Waals surface area (Å²) < 4.78 is 7.40. The van der Waals surface area contributed by atoms with Crippen molar-refractivity contribution < 1.29 is 4.42 Å².